The molecule has 0 bridgehead atoms. The minimum Gasteiger partial charge on any atom is -0.289 e. The minimum absolute atomic E-state index is 0.596. The summed E-state index contributed by atoms with van der Waals surface area (Å²) in [7, 11) is 0. The van der Waals surface area contributed by atoms with Crippen LogP contribution in [0.3, 0.4) is 0 Å². The zero-order chi connectivity index (χ0) is 9.26. The van der Waals surface area contributed by atoms with Crippen molar-refractivity contribution in [1.82, 2.24) is 0 Å². The molecule has 1 nitrogen and oxygen atoms in total. The zero-order valence-electron chi connectivity index (χ0n) is 8.61. The maximum Gasteiger partial charge on any atom is 0.0592 e. The van der Waals surface area contributed by atoms with Gasteiger partial charge in [0, 0.05) is 6.21 Å². The average molecular weight is 177 g/mol. The number of hydrogen-bond donors (Lipinski definition) is 0. The monoisotopic (exact) mass is 177 g/mol. The van der Waals surface area contributed by atoms with Crippen LogP contribution < -0.4 is 0 Å². The number of nitrogens with zero attached hydrogens (tertiary/aromatic N) is 1. The van der Waals surface area contributed by atoms with Crippen LogP contribution in [0.4, 0.5) is 0 Å². The summed E-state index contributed by atoms with van der Waals surface area (Å²) in [5.41, 5.74) is 0. The van der Waals surface area contributed by atoms with E-state index in [1.54, 1.807) is 0 Å². The van der Waals surface area contributed by atoms with E-state index in [0.29, 0.717) is 6.04 Å². The van der Waals surface area contributed by atoms with Crippen molar-refractivity contribution in [2.45, 2.75) is 39.2 Å². The molecule has 1 fully saturated rings. The average Bonchev–Trinajstić information content (AvgIpc) is 2.17. The van der Waals surface area contributed by atoms with Gasteiger partial charge in [0.1, 0.15) is 0 Å². The van der Waals surface area contributed by atoms with E-state index in [1.807, 2.05) is 6.21 Å². The van der Waals surface area contributed by atoms with Crippen molar-refractivity contribution >= 4 is 6.21 Å². The second-order valence-corrected chi connectivity index (χ2v) is 4.68. The highest BCUT2D eigenvalue weighted by molar-refractivity contribution is 5.72. The van der Waals surface area contributed by atoms with E-state index in [-0.39, 0.29) is 0 Å². The maximum atomic E-state index is 4.64. The van der Waals surface area contributed by atoms with Gasteiger partial charge in [-0.2, -0.15) is 0 Å². The van der Waals surface area contributed by atoms with Gasteiger partial charge in [-0.15, -0.1) is 0 Å². The molecule has 0 aromatic carbocycles. The van der Waals surface area contributed by atoms with Crippen LogP contribution in [0, 0.1) is 17.8 Å². The van der Waals surface area contributed by atoms with Crippen LogP contribution >= 0.6 is 0 Å². The van der Waals surface area contributed by atoms with Gasteiger partial charge in [0.15, 0.2) is 0 Å². The molecule has 0 spiro atoms. The molecule has 0 saturated heterocycles. The summed E-state index contributed by atoms with van der Waals surface area (Å²) in [6.45, 7) is 4.67. The minimum atomic E-state index is 0.596. The summed E-state index contributed by atoms with van der Waals surface area (Å²) in [5, 5.41) is 0. The molecule has 72 valence electrons. The Morgan fingerprint density at radius 1 is 1.31 bits per heavy atom. The Kier molecular flexibility index (Phi) is 2.52. The molecule has 0 N–H and O–H groups in total. The number of dihydropyridines is 1. The second kappa shape index (κ2) is 3.65. The molecule has 13 heavy (non-hydrogen) atoms. The predicted octanol–water partition coefficient (Wildman–Crippen LogP) is 3.07. The zero-order valence-corrected chi connectivity index (χ0v) is 8.61. The van der Waals surface area contributed by atoms with Crippen molar-refractivity contribution in [1.29, 1.82) is 0 Å². The Morgan fingerprint density at radius 3 is 2.92 bits per heavy atom. The van der Waals surface area contributed by atoms with Crippen LogP contribution in [0.1, 0.15) is 33.1 Å². The molecule has 1 saturated carbocycles. The van der Waals surface area contributed by atoms with Gasteiger partial charge in [0.25, 0.3) is 0 Å². The standard InChI is InChI=1S/C12H19N/c1-9(2)11-7-3-5-10-6-4-8-13-12(10)11/h4,6,8-12H,3,5,7H2,1-2H3. The van der Waals surface area contributed by atoms with E-state index in [2.05, 4.69) is 31.0 Å². The first-order chi connectivity index (χ1) is 6.29. The van der Waals surface area contributed by atoms with E-state index >= 15 is 0 Å². The van der Waals surface area contributed by atoms with Crippen LogP contribution in [-0.4, -0.2) is 12.3 Å². The number of allylic oxidation sites excluding steroid dienone is 1. The van der Waals surface area contributed by atoms with Crippen molar-refractivity contribution in [3.8, 4) is 0 Å². The fourth-order valence-electron chi connectivity index (χ4n) is 2.75. The first-order valence-corrected chi connectivity index (χ1v) is 5.49. The van der Waals surface area contributed by atoms with Crippen molar-refractivity contribution in [2.75, 3.05) is 0 Å². The fraction of sp³-hybridized carbons (Fsp3) is 0.750. The SMILES string of the molecule is CC(C)C1CCCC2C=CC=NC21. The van der Waals surface area contributed by atoms with Gasteiger partial charge in [0.05, 0.1) is 6.04 Å². The predicted molar refractivity (Wildman–Crippen MR) is 57.1 cm³/mol. The third kappa shape index (κ3) is 1.70. The van der Waals surface area contributed by atoms with Crippen molar-refractivity contribution in [2.24, 2.45) is 22.7 Å². The summed E-state index contributed by atoms with van der Waals surface area (Å²) in [4.78, 5) is 4.64. The normalized spacial score (nSPS) is 37.9. The highest BCUT2D eigenvalue weighted by Crippen LogP contribution is 2.37. The summed E-state index contributed by atoms with van der Waals surface area (Å²) >= 11 is 0. The highest BCUT2D eigenvalue weighted by Gasteiger charge is 2.33. The van der Waals surface area contributed by atoms with Crippen molar-refractivity contribution in [3.05, 3.63) is 12.2 Å². The molecule has 1 heterocycles. The molecule has 3 atom stereocenters. The van der Waals surface area contributed by atoms with Gasteiger partial charge in [0.2, 0.25) is 0 Å². The molecule has 2 rings (SSSR count). The van der Waals surface area contributed by atoms with Gasteiger partial charge in [-0.05, 0) is 36.7 Å². The van der Waals surface area contributed by atoms with E-state index in [9.17, 15) is 0 Å². The Morgan fingerprint density at radius 2 is 2.15 bits per heavy atom. The summed E-state index contributed by atoms with van der Waals surface area (Å²) in [6, 6.07) is 0.596. The van der Waals surface area contributed by atoms with E-state index in [0.717, 1.165) is 17.8 Å². The Balaban J connectivity index is 2.13. The first-order valence-electron chi connectivity index (χ1n) is 5.49. The smallest absolute Gasteiger partial charge is 0.0592 e. The van der Waals surface area contributed by atoms with Crippen molar-refractivity contribution < 1.29 is 0 Å². The van der Waals surface area contributed by atoms with Crippen LogP contribution in [-0.2, 0) is 0 Å². The van der Waals surface area contributed by atoms with Crippen LogP contribution in [0.2, 0.25) is 0 Å². The topological polar surface area (TPSA) is 12.4 Å². The molecule has 0 aromatic rings. The lowest BCUT2D eigenvalue weighted by Gasteiger charge is -2.37. The largest absolute Gasteiger partial charge is 0.289 e. The number of hydrogen-bond acceptors (Lipinski definition) is 1. The van der Waals surface area contributed by atoms with Crippen LogP contribution in [0.25, 0.3) is 0 Å². The third-order valence-corrected chi connectivity index (χ3v) is 3.51. The number of aliphatic imine (C=N–C) groups is 1. The molecular formula is C12H19N. The van der Waals surface area contributed by atoms with E-state index in [1.165, 1.54) is 19.3 Å². The first kappa shape index (κ1) is 8.98. The summed E-state index contributed by atoms with van der Waals surface area (Å²) in [6.07, 6.45) is 10.6. The van der Waals surface area contributed by atoms with Gasteiger partial charge in [-0.1, -0.05) is 26.3 Å². The lowest BCUT2D eigenvalue weighted by atomic mass is 9.72. The lowest BCUT2D eigenvalue weighted by molar-refractivity contribution is 0.202. The Labute approximate surface area is 80.9 Å². The highest BCUT2D eigenvalue weighted by atomic mass is 14.8. The molecule has 1 aliphatic heterocycles. The molecule has 2 aliphatic rings. The molecule has 0 aromatic heterocycles. The molecule has 0 radical (unpaired) electrons. The quantitative estimate of drug-likeness (QED) is 0.583. The third-order valence-electron chi connectivity index (χ3n) is 3.51. The van der Waals surface area contributed by atoms with Gasteiger partial charge >= 0.3 is 0 Å². The van der Waals surface area contributed by atoms with Crippen molar-refractivity contribution in [3.63, 3.8) is 0 Å². The number of fused-ring (bicyclic) bond motifs is 1. The van der Waals surface area contributed by atoms with Crippen LogP contribution in [0.5, 0.6) is 0 Å². The molecule has 1 aliphatic carbocycles. The van der Waals surface area contributed by atoms with Gasteiger partial charge in [-0.3, -0.25) is 4.99 Å². The van der Waals surface area contributed by atoms with E-state index in [4.69, 9.17) is 0 Å². The van der Waals surface area contributed by atoms with Gasteiger partial charge in [-0.25, -0.2) is 0 Å². The molecule has 0 amide bonds. The Bertz CT molecular complexity index is 227. The number of rotatable bonds is 1. The summed E-state index contributed by atoms with van der Waals surface area (Å²) < 4.78 is 0. The molecule has 1 heteroatoms. The molecular weight excluding hydrogens is 158 g/mol. The fourth-order valence-corrected chi connectivity index (χ4v) is 2.75. The van der Waals surface area contributed by atoms with Gasteiger partial charge < -0.3 is 0 Å². The Hall–Kier alpha value is -0.590. The lowest BCUT2D eigenvalue weighted by Crippen LogP contribution is -2.35. The second-order valence-electron chi connectivity index (χ2n) is 4.68. The van der Waals surface area contributed by atoms with E-state index < -0.39 is 0 Å². The molecule has 3 unspecified atom stereocenters. The summed E-state index contributed by atoms with van der Waals surface area (Å²) in [5.74, 6) is 2.35. The maximum absolute atomic E-state index is 4.64. The van der Waals surface area contributed by atoms with Crippen LogP contribution in [0.15, 0.2) is 17.1 Å².